The Balaban J connectivity index is 1.76. The number of nitrogens with one attached hydrogen (secondary N) is 1. The van der Waals surface area contributed by atoms with E-state index in [1.165, 1.54) is 35.8 Å². The molecule has 1 nitrogen and oxygen atoms in total. The van der Waals surface area contributed by atoms with Gasteiger partial charge in [-0.3, -0.25) is 0 Å². The summed E-state index contributed by atoms with van der Waals surface area (Å²) in [7, 11) is 0. The minimum Gasteiger partial charge on any atom is -0.313 e. The van der Waals surface area contributed by atoms with Gasteiger partial charge in [0.15, 0.2) is 0 Å². The molecule has 1 unspecified atom stereocenters. The quantitative estimate of drug-likeness (QED) is 0.819. The first kappa shape index (κ1) is 10.8. The number of piperidine rings is 1. The maximum absolute atomic E-state index is 5.87. The van der Waals surface area contributed by atoms with Crippen molar-refractivity contribution in [3.8, 4) is 0 Å². The predicted molar refractivity (Wildman–Crippen MR) is 65.7 cm³/mol. The normalized spacial score (nSPS) is 22.5. The minimum absolute atomic E-state index is 0.703. The van der Waals surface area contributed by atoms with Crippen molar-refractivity contribution in [1.29, 1.82) is 0 Å². The minimum atomic E-state index is 0.703. The van der Waals surface area contributed by atoms with Crippen LogP contribution in [0.5, 0.6) is 0 Å². The first-order valence-electron chi connectivity index (χ1n) is 4.96. The van der Waals surface area contributed by atoms with Gasteiger partial charge in [-0.05, 0) is 31.5 Å². The third-order valence-electron chi connectivity index (χ3n) is 2.39. The van der Waals surface area contributed by atoms with Crippen LogP contribution >= 0.6 is 34.7 Å². The summed E-state index contributed by atoms with van der Waals surface area (Å²) in [6.07, 6.45) is 4.04. The van der Waals surface area contributed by atoms with Gasteiger partial charge in [0.25, 0.3) is 0 Å². The summed E-state index contributed by atoms with van der Waals surface area (Å²) in [4.78, 5) is 0. The third kappa shape index (κ3) is 3.16. The molecule has 0 bridgehead atoms. The second-order valence-corrected chi connectivity index (χ2v) is 6.55. The van der Waals surface area contributed by atoms with Gasteiger partial charge < -0.3 is 5.32 Å². The van der Waals surface area contributed by atoms with Crippen LogP contribution in [0.3, 0.4) is 0 Å². The molecule has 1 atom stereocenters. The Labute approximate surface area is 98.2 Å². The zero-order valence-corrected chi connectivity index (χ0v) is 10.4. The Morgan fingerprint density at radius 2 is 2.43 bits per heavy atom. The van der Waals surface area contributed by atoms with Gasteiger partial charge in [0, 0.05) is 11.8 Å². The molecule has 1 aromatic heterocycles. The number of hydrogen-bond acceptors (Lipinski definition) is 3. The average molecular weight is 248 g/mol. The van der Waals surface area contributed by atoms with E-state index in [-0.39, 0.29) is 0 Å². The van der Waals surface area contributed by atoms with E-state index in [0.717, 1.165) is 4.34 Å². The molecular weight excluding hydrogens is 234 g/mol. The summed E-state index contributed by atoms with van der Waals surface area (Å²) >= 11 is 9.47. The van der Waals surface area contributed by atoms with Crippen LogP contribution in [0.1, 0.15) is 19.3 Å². The van der Waals surface area contributed by atoms with Gasteiger partial charge in [0.1, 0.15) is 0 Å². The smallest absolute Gasteiger partial charge is 0.0940 e. The van der Waals surface area contributed by atoms with E-state index in [0.29, 0.717) is 6.04 Å². The lowest BCUT2D eigenvalue weighted by Gasteiger charge is -2.22. The van der Waals surface area contributed by atoms with E-state index >= 15 is 0 Å². The van der Waals surface area contributed by atoms with Crippen LogP contribution in [0, 0.1) is 0 Å². The third-order valence-corrected chi connectivity index (χ3v) is 5.01. The number of thiophene rings is 1. The highest BCUT2D eigenvalue weighted by molar-refractivity contribution is 8.01. The molecule has 0 amide bonds. The van der Waals surface area contributed by atoms with Crippen LogP contribution in [0.15, 0.2) is 16.3 Å². The maximum atomic E-state index is 5.87. The number of hydrogen-bond donors (Lipinski definition) is 1. The van der Waals surface area contributed by atoms with Crippen LogP contribution in [-0.2, 0) is 0 Å². The zero-order valence-electron chi connectivity index (χ0n) is 7.96. The highest BCUT2D eigenvalue weighted by atomic mass is 35.5. The van der Waals surface area contributed by atoms with Gasteiger partial charge in [-0.1, -0.05) is 18.0 Å². The molecule has 1 aliphatic rings. The number of thioether (sulfide) groups is 1. The molecule has 14 heavy (non-hydrogen) atoms. The van der Waals surface area contributed by atoms with Gasteiger partial charge in [-0.2, -0.15) is 0 Å². The summed E-state index contributed by atoms with van der Waals surface area (Å²) in [6.45, 7) is 1.19. The molecule has 0 aliphatic carbocycles. The molecule has 1 aliphatic heterocycles. The Kier molecular flexibility index (Phi) is 4.17. The topological polar surface area (TPSA) is 12.0 Å². The monoisotopic (exact) mass is 247 g/mol. The molecular formula is C10H14ClNS2. The SMILES string of the molecule is Clc1ccc(SCC2CCCCN2)s1. The Morgan fingerprint density at radius 3 is 3.07 bits per heavy atom. The van der Waals surface area contributed by atoms with Crippen molar-refractivity contribution in [3.05, 3.63) is 16.5 Å². The molecule has 0 radical (unpaired) electrons. The van der Waals surface area contributed by atoms with Crippen LogP contribution in [0.2, 0.25) is 4.34 Å². The summed E-state index contributed by atoms with van der Waals surface area (Å²) in [6, 6.07) is 4.79. The van der Waals surface area contributed by atoms with E-state index in [2.05, 4.69) is 11.4 Å². The summed E-state index contributed by atoms with van der Waals surface area (Å²) in [5.74, 6) is 1.18. The fraction of sp³-hybridized carbons (Fsp3) is 0.600. The van der Waals surface area contributed by atoms with E-state index in [1.54, 1.807) is 11.3 Å². The number of rotatable bonds is 3. The second kappa shape index (κ2) is 5.40. The standard InChI is InChI=1S/C10H14ClNS2/c11-9-4-5-10(14-9)13-7-8-3-1-2-6-12-8/h4-5,8,12H,1-3,6-7H2. The van der Waals surface area contributed by atoms with Crippen molar-refractivity contribution in [3.63, 3.8) is 0 Å². The molecule has 2 heterocycles. The molecule has 1 aromatic rings. The zero-order chi connectivity index (χ0) is 9.80. The lowest BCUT2D eigenvalue weighted by atomic mass is 10.1. The Morgan fingerprint density at radius 1 is 1.50 bits per heavy atom. The lowest BCUT2D eigenvalue weighted by molar-refractivity contribution is 0.430. The van der Waals surface area contributed by atoms with Crippen molar-refractivity contribution in [2.45, 2.75) is 29.5 Å². The Bertz CT molecular complexity index is 281. The number of halogens is 1. The molecule has 0 spiro atoms. The molecule has 4 heteroatoms. The molecule has 78 valence electrons. The van der Waals surface area contributed by atoms with Crippen LogP contribution in [0.25, 0.3) is 0 Å². The van der Waals surface area contributed by atoms with Crippen LogP contribution < -0.4 is 5.32 Å². The summed E-state index contributed by atoms with van der Waals surface area (Å²) in [5.41, 5.74) is 0. The molecule has 1 fully saturated rings. The molecule has 1 N–H and O–H groups in total. The van der Waals surface area contributed by atoms with Gasteiger partial charge in [0.05, 0.1) is 8.55 Å². The average Bonchev–Trinajstić information content (AvgIpc) is 2.63. The van der Waals surface area contributed by atoms with Crippen molar-refractivity contribution in [2.75, 3.05) is 12.3 Å². The van der Waals surface area contributed by atoms with Crippen molar-refractivity contribution in [1.82, 2.24) is 5.32 Å². The first-order valence-corrected chi connectivity index (χ1v) is 7.14. The van der Waals surface area contributed by atoms with Gasteiger partial charge in [-0.25, -0.2) is 0 Å². The van der Waals surface area contributed by atoms with E-state index in [4.69, 9.17) is 11.6 Å². The molecule has 1 saturated heterocycles. The fourth-order valence-corrected chi connectivity index (χ4v) is 4.06. The maximum Gasteiger partial charge on any atom is 0.0940 e. The highest BCUT2D eigenvalue weighted by Gasteiger charge is 2.12. The van der Waals surface area contributed by atoms with Gasteiger partial charge in [0.2, 0.25) is 0 Å². The fourth-order valence-electron chi connectivity index (χ4n) is 1.62. The summed E-state index contributed by atoms with van der Waals surface area (Å²) in [5, 5.41) is 3.55. The molecule has 0 aromatic carbocycles. The summed E-state index contributed by atoms with van der Waals surface area (Å²) < 4.78 is 2.23. The van der Waals surface area contributed by atoms with Crippen LogP contribution in [-0.4, -0.2) is 18.3 Å². The predicted octanol–water partition coefficient (Wildman–Crippen LogP) is 3.64. The highest BCUT2D eigenvalue weighted by Crippen LogP contribution is 2.31. The lowest BCUT2D eigenvalue weighted by Crippen LogP contribution is -2.35. The Hall–Kier alpha value is 0.300. The molecule has 2 rings (SSSR count). The largest absolute Gasteiger partial charge is 0.313 e. The first-order chi connectivity index (χ1) is 6.84. The van der Waals surface area contributed by atoms with E-state index in [9.17, 15) is 0 Å². The van der Waals surface area contributed by atoms with E-state index < -0.39 is 0 Å². The van der Waals surface area contributed by atoms with Gasteiger partial charge >= 0.3 is 0 Å². The van der Waals surface area contributed by atoms with Crippen molar-refractivity contribution < 1.29 is 0 Å². The second-order valence-electron chi connectivity index (χ2n) is 3.52. The van der Waals surface area contributed by atoms with Crippen molar-refractivity contribution in [2.24, 2.45) is 0 Å². The molecule has 0 saturated carbocycles. The van der Waals surface area contributed by atoms with Crippen molar-refractivity contribution >= 4 is 34.7 Å². The van der Waals surface area contributed by atoms with Gasteiger partial charge in [-0.15, -0.1) is 23.1 Å². The van der Waals surface area contributed by atoms with Crippen LogP contribution in [0.4, 0.5) is 0 Å². The van der Waals surface area contributed by atoms with E-state index in [1.807, 2.05) is 17.8 Å².